The lowest BCUT2D eigenvalue weighted by molar-refractivity contribution is -0.126. The van der Waals surface area contributed by atoms with E-state index in [-0.39, 0.29) is 12.5 Å². The molecule has 0 aliphatic rings. The molecule has 2 N–H and O–H groups in total. The third kappa shape index (κ3) is 3.31. The van der Waals surface area contributed by atoms with Gasteiger partial charge in [-0.15, -0.1) is 0 Å². The van der Waals surface area contributed by atoms with E-state index in [0.717, 1.165) is 5.56 Å². The lowest BCUT2D eigenvalue weighted by Gasteiger charge is -2.24. The molecule has 4 nitrogen and oxygen atoms in total. The summed E-state index contributed by atoms with van der Waals surface area (Å²) >= 11 is 0. The zero-order chi connectivity index (χ0) is 13.8. The summed E-state index contributed by atoms with van der Waals surface area (Å²) in [5.41, 5.74) is 0.579. The summed E-state index contributed by atoms with van der Waals surface area (Å²) in [5, 5.41) is 20.7. The first kappa shape index (κ1) is 14.2. The van der Waals surface area contributed by atoms with Crippen LogP contribution in [0.15, 0.2) is 24.3 Å². The van der Waals surface area contributed by atoms with Crippen LogP contribution in [0.2, 0.25) is 0 Å². The number of nitrogens with one attached hydrogen (secondary N) is 1. The number of hydrogen-bond donors (Lipinski definition) is 2. The van der Waals surface area contributed by atoms with Crippen LogP contribution in [0.1, 0.15) is 31.9 Å². The van der Waals surface area contributed by atoms with Gasteiger partial charge in [-0.3, -0.25) is 4.79 Å². The number of carbonyl (C=O) groups is 1. The minimum Gasteiger partial charge on any atom is -0.392 e. The second-order valence-corrected chi connectivity index (χ2v) is 4.88. The van der Waals surface area contributed by atoms with Crippen LogP contribution in [0.4, 0.5) is 0 Å². The Hall–Kier alpha value is -1.86. The molecular formula is C14H18N2O2. The predicted octanol–water partition coefficient (Wildman–Crippen LogP) is 1.33. The van der Waals surface area contributed by atoms with Crippen LogP contribution in [0.25, 0.3) is 0 Å². The fourth-order valence-electron chi connectivity index (χ4n) is 1.57. The summed E-state index contributed by atoms with van der Waals surface area (Å²) in [5.74, 6) is -0.168. The van der Waals surface area contributed by atoms with Crippen molar-refractivity contribution in [1.82, 2.24) is 5.32 Å². The molecule has 0 bridgehead atoms. The molecule has 0 saturated carbocycles. The molecule has 0 radical (unpaired) electrons. The van der Waals surface area contributed by atoms with Gasteiger partial charge in [0.25, 0.3) is 0 Å². The second kappa shape index (κ2) is 5.65. The molecule has 0 spiro atoms. The molecule has 0 heterocycles. The third-order valence-electron chi connectivity index (χ3n) is 2.84. The molecule has 0 aliphatic carbocycles. The summed E-state index contributed by atoms with van der Waals surface area (Å²) in [4.78, 5) is 12.1. The smallest absolute Gasteiger partial charge is 0.230 e. The molecule has 18 heavy (non-hydrogen) atoms. The number of amides is 1. The molecule has 1 unspecified atom stereocenters. The Bertz CT molecular complexity index is 473. The Morgan fingerprint density at radius 2 is 2.22 bits per heavy atom. The lowest BCUT2D eigenvalue weighted by Crippen LogP contribution is -2.42. The summed E-state index contributed by atoms with van der Waals surface area (Å²) in [6.07, 6.45) is -0.574. The number of rotatable bonds is 4. The van der Waals surface area contributed by atoms with Crippen molar-refractivity contribution in [2.24, 2.45) is 0 Å². The van der Waals surface area contributed by atoms with Gasteiger partial charge in [-0.2, -0.15) is 5.26 Å². The summed E-state index contributed by atoms with van der Waals surface area (Å²) in [6.45, 7) is 5.42. The number of aliphatic hydroxyl groups is 1. The molecule has 0 aliphatic heterocycles. The third-order valence-corrected chi connectivity index (χ3v) is 2.84. The van der Waals surface area contributed by atoms with E-state index < -0.39 is 11.5 Å². The van der Waals surface area contributed by atoms with Gasteiger partial charge in [0, 0.05) is 6.54 Å². The van der Waals surface area contributed by atoms with Crippen molar-refractivity contribution in [2.75, 3.05) is 6.54 Å². The molecule has 1 amide bonds. The summed E-state index contributed by atoms with van der Waals surface area (Å²) < 4.78 is 0. The maximum atomic E-state index is 12.1. The van der Waals surface area contributed by atoms with Gasteiger partial charge in [0.2, 0.25) is 5.91 Å². The fraction of sp³-hybridized carbons (Fsp3) is 0.429. The van der Waals surface area contributed by atoms with Crippen LogP contribution in [0, 0.1) is 11.3 Å². The van der Waals surface area contributed by atoms with E-state index in [0.29, 0.717) is 5.56 Å². The summed E-state index contributed by atoms with van der Waals surface area (Å²) in [6, 6.07) is 9.05. The molecule has 0 fully saturated rings. The average Bonchev–Trinajstić information content (AvgIpc) is 2.35. The molecule has 1 aromatic rings. The molecule has 4 heteroatoms. The molecule has 1 aromatic carbocycles. The molecule has 96 valence electrons. The highest BCUT2D eigenvalue weighted by atomic mass is 16.3. The standard InChI is InChI=1S/C14H18N2O2/c1-10(17)9-16-13(18)14(2,3)12-6-4-5-11(7-12)8-15/h4-7,10,17H,9H2,1-3H3,(H,16,18). The van der Waals surface area contributed by atoms with Gasteiger partial charge in [-0.25, -0.2) is 0 Å². The second-order valence-electron chi connectivity index (χ2n) is 4.88. The van der Waals surface area contributed by atoms with E-state index >= 15 is 0 Å². The topological polar surface area (TPSA) is 73.1 Å². The van der Waals surface area contributed by atoms with Crippen LogP contribution >= 0.6 is 0 Å². The number of carbonyl (C=O) groups excluding carboxylic acids is 1. The van der Waals surface area contributed by atoms with Crippen molar-refractivity contribution < 1.29 is 9.90 Å². The Labute approximate surface area is 107 Å². The van der Waals surface area contributed by atoms with Gasteiger partial charge in [0.15, 0.2) is 0 Å². The van der Waals surface area contributed by atoms with Gasteiger partial charge in [-0.05, 0) is 38.5 Å². The largest absolute Gasteiger partial charge is 0.392 e. The molecular weight excluding hydrogens is 228 g/mol. The number of nitriles is 1. The van der Waals surface area contributed by atoms with Gasteiger partial charge in [0.05, 0.1) is 23.2 Å². The first-order valence-corrected chi connectivity index (χ1v) is 5.85. The number of nitrogens with zero attached hydrogens (tertiary/aromatic N) is 1. The van der Waals surface area contributed by atoms with Crippen molar-refractivity contribution in [3.63, 3.8) is 0 Å². The van der Waals surface area contributed by atoms with E-state index in [4.69, 9.17) is 10.4 Å². The Morgan fingerprint density at radius 1 is 1.56 bits per heavy atom. The first-order valence-electron chi connectivity index (χ1n) is 5.85. The van der Waals surface area contributed by atoms with Gasteiger partial charge in [-0.1, -0.05) is 12.1 Å². The van der Waals surface area contributed by atoms with Crippen molar-refractivity contribution in [3.8, 4) is 6.07 Å². The molecule has 1 atom stereocenters. The maximum absolute atomic E-state index is 12.1. The Morgan fingerprint density at radius 3 is 2.78 bits per heavy atom. The van der Waals surface area contributed by atoms with Crippen LogP contribution in [0.5, 0.6) is 0 Å². The highest BCUT2D eigenvalue weighted by Gasteiger charge is 2.29. The zero-order valence-corrected chi connectivity index (χ0v) is 10.9. The maximum Gasteiger partial charge on any atom is 0.230 e. The van der Waals surface area contributed by atoms with E-state index in [1.165, 1.54) is 0 Å². The van der Waals surface area contributed by atoms with Crippen molar-refractivity contribution in [1.29, 1.82) is 5.26 Å². The van der Waals surface area contributed by atoms with Gasteiger partial charge in [0.1, 0.15) is 0 Å². The SMILES string of the molecule is CC(O)CNC(=O)C(C)(C)c1cccc(C#N)c1. The molecule has 0 saturated heterocycles. The highest BCUT2D eigenvalue weighted by molar-refractivity contribution is 5.87. The van der Waals surface area contributed by atoms with Crippen LogP contribution < -0.4 is 5.32 Å². The number of hydrogen-bond acceptors (Lipinski definition) is 3. The molecule has 0 aromatic heterocycles. The monoisotopic (exact) mass is 246 g/mol. The van der Waals surface area contributed by atoms with Crippen molar-refractivity contribution in [3.05, 3.63) is 35.4 Å². The van der Waals surface area contributed by atoms with E-state index in [1.807, 2.05) is 6.07 Å². The predicted molar refractivity (Wildman–Crippen MR) is 68.9 cm³/mol. The van der Waals surface area contributed by atoms with Crippen LogP contribution in [0.3, 0.4) is 0 Å². The van der Waals surface area contributed by atoms with E-state index in [1.54, 1.807) is 39.0 Å². The first-order chi connectivity index (χ1) is 8.37. The van der Waals surface area contributed by atoms with E-state index in [9.17, 15) is 4.79 Å². The van der Waals surface area contributed by atoms with Gasteiger partial charge < -0.3 is 10.4 Å². The average molecular weight is 246 g/mol. The Balaban J connectivity index is 2.91. The molecule has 1 rings (SSSR count). The van der Waals surface area contributed by atoms with Crippen molar-refractivity contribution >= 4 is 5.91 Å². The fourth-order valence-corrected chi connectivity index (χ4v) is 1.57. The number of benzene rings is 1. The zero-order valence-electron chi connectivity index (χ0n) is 10.9. The highest BCUT2D eigenvalue weighted by Crippen LogP contribution is 2.24. The normalized spacial score (nSPS) is 12.6. The minimum atomic E-state index is -0.734. The summed E-state index contributed by atoms with van der Waals surface area (Å²) in [7, 11) is 0. The van der Waals surface area contributed by atoms with Crippen LogP contribution in [-0.2, 0) is 10.2 Å². The number of aliphatic hydroxyl groups excluding tert-OH is 1. The van der Waals surface area contributed by atoms with Crippen LogP contribution in [-0.4, -0.2) is 23.7 Å². The lowest BCUT2D eigenvalue weighted by atomic mass is 9.83. The minimum absolute atomic E-state index is 0.168. The quantitative estimate of drug-likeness (QED) is 0.841. The van der Waals surface area contributed by atoms with Crippen molar-refractivity contribution in [2.45, 2.75) is 32.3 Å². The van der Waals surface area contributed by atoms with Gasteiger partial charge >= 0.3 is 0 Å². The Kier molecular flexibility index (Phi) is 4.46. The van der Waals surface area contributed by atoms with E-state index in [2.05, 4.69) is 11.4 Å².